The molecule has 9 heteroatoms. The highest BCUT2D eigenvalue weighted by atomic mass is 79.9. The Bertz CT molecular complexity index is 730. The van der Waals surface area contributed by atoms with Gasteiger partial charge in [-0.3, -0.25) is 0 Å². The smallest absolute Gasteiger partial charge is 0.240 e. The van der Waals surface area contributed by atoms with Crippen molar-refractivity contribution in [2.45, 2.75) is 23.0 Å². The van der Waals surface area contributed by atoms with Crippen LogP contribution < -0.4 is 9.46 Å². The van der Waals surface area contributed by atoms with Gasteiger partial charge in [0.15, 0.2) is 9.84 Å². The van der Waals surface area contributed by atoms with E-state index in [2.05, 4.69) is 20.7 Å². The quantitative estimate of drug-likeness (QED) is 0.808. The maximum absolute atomic E-state index is 12.2. The minimum absolute atomic E-state index is 0.0607. The molecule has 0 aliphatic carbocycles. The lowest BCUT2D eigenvalue weighted by Crippen LogP contribution is -2.34. The summed E-state index contributed by atoms with van der Waals surface area (Å²) in [6.07, 6.45) is 1.08. The number of methoxy groups -OCH3 is 1. The second-order valence-corrected chi connectivity index (χ2v) is 9.80. The van der Waals surface area contributed by atoms with Gasteiger partial charge in [0, 0.05) is 6.54 Å². The highest BCUT2D eigenvalue weighted by Crippen LogP contribution is 2.27. The number of nitrogens with one attached hydrogen (secondary N) is 1. The third-order valence-corrected chi connectivity index (χ3v) is 7.71. The van der Waals surface area contributed by atoms with Gasteiger partial charge in [-0.15, -0.1) is 0 Å². The van der Waals surface area contributed by atoms with Gasteiger partial charge in [-0.2, -0.15) is 0 Å². The highest BCUT2D eigenvalue weighted by Gasteiger charge is 2.32. The molecule has 6 nitrogen and oxygen atoms in total. The fourth-order valence-corrected chi connectivity index (χ4v) is 5.86. The number of rotatable bonds is 5. The van der Waals surface area contributed by atoms with Crippen molar-refractivity contribution in [3.63, 3.8) is 0 Å². The molecule has 1 atom stereocenters. The lowest BCUT2D eigenvalue weighted by molar-refractivity contribution is 0.411. The van der Waals surface area contributed by atoms with Crippen molar-refractivity contribution in [2.75, 3.05) is 19.4 Å². The van der Waals surface area contributed by atoms with Crippen molar-refractivity contribution in [3.8, 4) is 5.75 Å². The Labute approximate surface area is 133 Å². The van der Waals surface area contributed by atoms with Crippen molar-refractivity contribution in [1.82, 2.24) is 4.72 Å². The van der Waals surface area contributed by atoms with E-state index in [1.165, 1.54) is 25.3 Å². The first-order valence-corrected chi connectivity index (χ1v) is 10.3. The van der Waals surface area contributed by atoms with Gasteiger partial charge in [-0.1, -0.05) is 0 Å². The fraction of sp³-hybridized carbons (Fsp3) is 0.500. The summed E-state index contributed by atoms with van der Waals surface area (Å²) in [6, 6.07) is 4.37. The molecular weight excluding hydrogens is 382 g/mol. The summed E-state index contributed by atoms with van der Waals surface area (Å²) in [6.45, 7) is -0.0890. The summed E-state index contributed by atoms with van der Waals surface area (Å²) < 4.78 is 55.7. The monoisotopic (exact) mass is 397 g/mol. The minimum Gasteiger partial charge on any atom is -0.496 e. The van der Waals surface area contributed by atoms with Gasteiger partial charge in [0.25, 0.3) is 0 Å². The van der Waals surface area contributed by atoms with Gasteiger partial charge in [-0.25, -0.2) is 21.6 Å². The molecule has 1 aromatic carbocycles. The van der Waals surface area contributed by atoms with Crippen LogP contribution in [-0.4, -0.2) is 41.5 Å². The van der Waals surface area contributed by atoms with Crippen LogP contribution in [0.2, 0.25) is 0 Å². The topological polar surface area (TPSA) is 89.5 Å². The minimum atomic E-state index is -3.75. The zero-order valence-electron chi connectivity index (χ0n) is 11.4. The van der Waals surface area contributed by atoms with E-state index < -0.39 is 25.1 Å². The highest BCUT2D eigenvalue weighted by molar-refractivity contribution is 9.10. The van der Waals surface area contributed by atoms with E-state index in [1.807, 2.05) is 0 Å². The van der Waals surface area contributed by atoms with Crippen LogP contribution in [0.25, 0.3) is 0 Å². The molecule has 1 N–H and O–H groups in total. The molecule has 1 aromatic rings. The Kier molecular flexibility index (Phi) is 4.96. The Morgan fingerprint density at radius 1 is 1.43 bits per heavy atom. The predicted octanol–water partition coefficient (Wildman–Crippen LogP) is 1.31. The van der Waals surface area contributed by atoms with Crippen LogP contribution >= 0.6 is 15.9 Å². The molecular formula is C12H16BrNO5S2. The maximum Gasteiger partial charge on any atom is 0.240 e. The molecule has 1 aliphatic heterocycles. The lowest BCUT2D eigenvalue weighted by Gasteiger charge is -2.12. The zero-order valence-corrected chi connectivity index (χ0v) is 14.6. The van der Waals surface area contributed by atoms with Crippen LogP contribution in [0.3, 0.4) is 0 Å². The number of benzene rings is 1. The van der Waals surface area contributed by atoms with Crippen LogP contribution in [0.5, 0.6) is 5.75 Å². The van der Waals surface area contributed by atoms with Crippen molar-refractivity contribution >= 4 is 35.8 Å². The van der Waals surface area contributed by atoms with E-state index in [0.717, 1.165) is 0 Å². The standard InChI is InChI=1S/C12H16BrNO5S2/c1-19-12-5-4-9(7-11(12)13)21(17,18)14-8-10-3-2-6-20(10,15)16/h4-5,7,10,14H,2-3,6,8H2,1H3. The number of sulfonamides is 1. The average molecular weight is 398 g/mol. The number of sulfone groups is 1. The third-order valence-electron chi connectivity index (χ3n) is 3.40. The molecule has 1 fully saturated rings. The van der Waals surface area contributed by atoms with E-state index in [9.17, 15) is 16.8 Å². The Hall–Kier alpha value is -0.640. The Morgan fingerprint density at radius 2 is 2.14 bits per heavy atom. The first kappa shape index (κ1) is 16.7. The second-order valence-electron chi connectivity index (χ2n) is 4.78. The van der Waals surface area contributed by atoms with Crippen molar-refractivity contribution in [3.05, 3.63) is 22.7 Å². The Balaban J connectivity index is 2.14. The molecule has 2 rings (SSSR count). The van der Waals surface area contributed by atoms with Crippen molar-refractivity contribution < 1.29 is 21.6 Å². The molecule has 0 radical (unpaired) electrons. The normalized spacial score (nSPS) is 21.3. The summed E-state index contributed by atoms with van der Waals surface area (Å²) in [4.78, 5) is 0.0607. The number of hydrogen-bond acceptors (Lipinski definition) is 5. The van der Waals surface area contributed by atoms with Gasteiger partial charge in [-0.05, 0) is 47.0 Å². The van der Waals surface area contributed by atoms with Crippen molar-refractivity contribution in [2.24, 2.45) is 0 Å². The number of ether oxygens (including phenoxy) is 1. The summed E-state index contributed by atoms with van der Waals surface area (Å²) in [5, 5.41) is -0.631. The van der Waals surface area contributed by atoms with Crippen LogP contribution in [0.1, 0.15) is 12.8 Å². The SMILES string of the molecule is COc1ccc(S(=O)(=O)NCC2CCCS2(=O)=O)cc1Br. The van der Waals surface area contributed by atoms with E-state index in [4.69, 9.17) is 4.74 Å². The molecule has 1 aliphatic rings. The molecule has 1 saturated heterocycles. The third kappa shape index (κ3) is 3.77. The molecule has 0 amide bonds. The largest absolute Gasteiger partial charge is 0.496 e. The van der Waals surface area contributed by atoms with Crippen LogP contribution in [0.15, 0.2) is 27.6 Å². The molecule has 1 heterocycles. The number of halogens is 1. The summed E-state index contributed by atoms with van der Waals surface area (Å²) in [5.41, 5.74) is 0. The summed E-state index contributed by atoms with van der Waals surface area (Å²) >= 11 is 3.22. The van der Waals surface area contributed by atoms with Crippen molar-refractivity contribution in [1.29, 1.82) is 0 Å². The summed E-state index contributed by atoms with van der Waals surface area (Å²) in [5.74, 6) is 0.653. The average Bonchev–Trinajstić information content (AvgIpc) is 2.75. The maximum atomic E-state index is 12.2. The van der Waals surface area contributed by atoms with Crippen LogP contribution in [-0.2, 0) is 19.9 Å². The van der Waals surface area contributed by atoms with Gasteiger partial charge in [0.1, 0.15) is 5.75 Å². The van der Waals surface area contributed by atoms with E-state index in [1.54, 1.807) is 0 Å². The van der Waals surface area contributed by atoms with Gasteiger partial charge < -0.3 is 4.74 Å². The lowest BCUT2D eigenvalue weighted by atomic mass is 10.2. The molecule has 0 spiro atoms. The first-order chi connectivity index (χ1) is 9.76. The molecule has 0 bridgehead atoms. The molecule has 0 saturated carbocycles. The zero-order chi connectivity index (χ0) is 15.7. The predicted molar refractivity (Wildman–Crippen MR) is 82.7 cm³/mol. The fourth-order valence-electron chi connectivity index (χ4n) is 2.19. The number of hydrogen-bond donors (Lipinski definition) is 1. The second kappa shape index (κ2) is 6.23. The van der Waals surface area contributed by atoms with E-state index in [-0.39, 0.29) is 17.2 Å². The van der Waals surface area contributed by atoms with E-state index in [0.29, 0.717) is 23.1 Å². The van der Waals surface area contributed by atoms with Gasteiger partial charge in [0.2, 0.25) is 10.0 Å². The van der Waals surface area contributed by atoms with Gasteiger partial charge >= 0.3 is 0 Å². The Morgan fingerprint density at radius 3 is 2.67 bits per heavy atom. The first-order valence-electron chi connectivity index (χ1n) is 6.31. The molecule has 118 valence electrons. The molecule has 21 heavy (non-hydrogen) atoms. The molecule has 0 aromatic heterocycles. The van der Waals surface area contributed by atoms with Crippen LogP contribution in [0, 0.1) is 0 Å². The van der Waals surface area contributed by atoms with E-state index >= 15 is 0 Å². The summed E-state index contributed by atoms with van der Waals surface area (Å²) in [7, 11) is -5.43. The van der Waals surface area contributed by atoms with Crippen LogP contribution in [0.4, 0.5) is 0 Å². The van der Waals surface area contributed by atoms with Gasteiger partial charge in [0.05, 0.1) is 27.5 Å². The molecule has 1 unspecified atom stereocenters.